The van der Waals surface area contributed by atoms with Crippen molar-refractivity contribution < 1.29 is 14.5 Å². The second-order valence-corrected chi connectivity index (χ2v) is 3.90. The van der Waals surface area contributed by atoms with E-state index < -0.39 is 16.9 Å². The van der Waals surface area contributed by atoms with Crippen LogP contribution in [0.25, 0.3) is 0 Å². The molecule has 1 aromatic rings. The van der Waals surface area contributed by atoms with Crippen molar-refractivity contribution in [3.8, 4) is 0 Å². The number of nitro groups is 1. The molecule has 0 spiro atoms. The summed E-state index contributed by atoms with van der Waals surface area (Å²) in [5.74, 6) is -0.771. The topological polar surface area (TPSA) is 115 Å². The number of nitrogens with two attached hydrogens (primary N) is 1. The maximum Gasteiger partial charge on any atom is 0.319 e. The molecule has 0 atom stereocenters. The molecule has 0 aliphatic rings. The minimum atomic E-state index is -1.01. The standard InChI is InChI=1S/C8H6IN3O4/c9-5-2-1-4(3-6(5)12(15)16)7(13)11-8(10)14/h1-3H,(H3,10,11,13,14). The number of hydrogen-bond acceptors (Lipinski definition) is 4. The Morgan fingerprint density at radius 2 is 2.06 bits per heavy atom. The van der Waals surface area contributed by atoms with Crippen LogP contribution in [-0.4, -0.2) is 16.9 Å². The van der Waals surface area contributed by atoms with Crippen LogP contribution in [0.1, 0.15) is 10.4 Å². The number of urea groups is 1. The van der Waals surface area contributed by atoms with E-state index in [9.17, 15) is 19.7 Å². The van der Waals surface area contributed by atoms with Gasteiger partial charge in [0.05, 0.1) is 8.49 Å². The van der Waals surface area contributed by atoms with Crippen molar-refractivity contribution in [2.24, 2.45) is 5.73 Å². The Labute approximate surface area is 103 Å². The summed E-state index contributed by atoms with van der Waals surface area (Å²) in [6, 6.07) is 2.85. The van der Waals surface area contributed by atoms with Gasteiger partial charge in [0.2, 0.25) is 0 Å². The summed E-state index contributed by atoms with van der Waals surface area (Å²) < 4.78 is 0.401. The molecule has 0 fully saturated rings. The largest absolute Gasteiger partial charge is 0.351 e. The second kappa shape index (κ2) is 4.88. The van der Waals surface area contributed by atoms with E-state index in [0.717, 1.165) is 6.07 Å². The van der Waals surface area contributed by atoms with Gasteiger partial charge >= 0.3 is 6.03 Å². The van der Waals surface area contributed by atoms with Crippen molar-refractivity contribution in [3.05, 3.63) is 37.4 Å². The first kappa shape index (κ1) is 12.4. The van der Waals surface area contributed by atoms with Gasteiger partial charge in [-0.15, -0.1) is 0 Å². The summed E-state index contributed by atoms with van der Waals surface area (Å²) in [6.45, 7) is 0. The number of hydrogen-bond donors (Lipinski definition) is 2. The fourth-order valence-electron chi connectivity index (χ4n) is 0.978. The smallest absolute Gasteiger partial charge is 0.319 e. The molecule has 1 rings (SSSR count). The monoisotopic (exact) mass is 335 g/mol. The Bertz CT molecular complexity index is 474. The van der Waals surface area contributed by atoms with Crippen LogP contribution in [0, 0.1) is 13.7 Å². The number of carbonyl (C=O) groups is 2. The lowest BCUT2D eigenvalue weighted by molar-refractivity contribution is -0.385. The van der Waals surface area contributed by atoms with Gasteiger partial charge in [0.15, 0.2) is 0 Å². The molecule has 7 nitrogen and oxygen atoms in total. The minimum Gasteiger partial charge on any atom is -0.351 e. The molecule has 0 aromatic heterocycles. The number of imide groups is 1. The summed E-state index contributed by atoms with van der Waals surface area (Å²) in [5.41, 5.74) is 4.56. The Morgan fingerprint density at radius 1 is 1.44 bits per heavy atom. The van der Waals surface area contributed by atoms with Crippen LogP contribution < -0.4 is 11.1 Å². The Hall–Kier alpha value is -1.71. The molecule has 16 heavy (non-hydrogen) atoms. The molecule has 3 N–H and O–H groups in total. The van der Waals surface area contributed by atoms with Gasteiger partial charge in [0.1, 0.15) is 0 Å². The summed E-state index contributed by atoms with van der Waals surface area (Å²) in [5, 5.41) is 12.4. The molecule has 0 bridgehead atoms. The number of rotatable bonds is 2. The molecule has 0 heterocycles. The molecule has 0 aliphatic carbocycles. The predicted molar refractivity (Wildman–Crippen MR) is 62.9 cm³/mol. The van der Waals surface area contributed by atoms with Crippen molar-refractivity contribution in [2.75, 3.05) is 0 Å². The highest BCUT2D eigenvalue weighted by atomic mass is 127. The summed E-state index contributed by atoms with van der Waals surface area (Å²) in [4.78, 5) is 31.7. The Morgan fingerprint density at radius 3 is 2.56 bits per heavy atom. The molecule has 0 saturated carbocycles. The first-order chi connectivity index (χ1) is 7.41. The molecule has 0 unspecified atom stereocenters. The molecule has 8 heteroatoms. The minimum absolute atomic E-state index is 0.00548. The molecular weight excluding hydrogens is 329 g/mol. The third-order valence-electron chi connectivity index (χ3n) is 1.64. The number of primary amides is 1. The first-order valence-electron chi connectivity index (χ1n) is 3.96. The van der Waals surface area contributed by atoms with Crippen molar-refractivity contribution in [1.82, 2.24) is 5.32 Å². The van der Waals surface area contributed by atoms with Gasteiger partial charge in [-0.1, -0.05) is 0 Å². The molecule has 3 amide bonds. The Balaban J connectivity index is 3.08. The highest BCUT2D eigenvalue weighted by molar-refractivity contribution is 14.1. The SMILES string of the molecule is NC(=O)NC(=O)c1ccc(I)c([N+](=O)[O-])c1. The van der Waals surface area contributed by atoms with Crippen LogP contribution in [0.4, 0.5) is 10.5 Å². The lowest BCUT2D eigenvalue weighted by Gasteiger charge is -2.01. The van der Waals surface area contributed by atoms with E-state index in [1.54, 1.807) is 22.6 Å². The Kier molecular flexibility index (Phi) is 3.77. The predicted octanol–water partition coefficient (Wildman–Crippen LogP) is 1.01. The van der Waals surface area contributed by atoms with Crippen LogP contribution in [-0.2, 0) is 0 Å². The van der Waals surface area contributed by atoms with E-state index >= 15 is 0 Å². The summed E-state index contributed by atoms with van der Waals surface area (Å²) in [6.07, 6.45) is 0. The zero-order chi connectivity index (χ0) is 12.3. The zero-order valence-corrected chi connectivity index (χ0v) is 9.93. The molecule has 1 aromatic carbocycles. The number of halogens is 1. The number of carbonyl (C=O) groups excluding carboxylic acids is 2. The van der Waals surface area contributed by atoms with E-state index in [1.807, 2.05) is 5.32 Å². The van der Waals surface area contributed by atoms with E-state index in [-0.39, 0.29) is 11.3 Å². The summed E-state index contributed by atoms with van der Waals surface area (Å²) in [7, 11) is 0. The van der Waals surface area contributed by atoms with E-state index in [0.29, 0.717) is 3.57 Å². The van der Waals surface area contributed by atoms with Crippen molar-refractivity contribution >= 4 is 40.2 Å². The molecule has 84 valence electrons. The van der Waals surface area contributed by atoms with Gasteiger partial charge in [0, 0.05) is 11.6 Å². The first-order valence-corrected chi connectivity index (χ1v) is 5.04. The van der Waals surface area contributed by atoms with Gasteiger partial charge in [-0.05, 0) is 34.7 Å². The maximum absolute atomic E-state index is 11.3. The highest BCUT2D eigenvalue weighted by Crippen LogP contribution is 2.21. The van der Waals surface area contributed by atoms with E-state index in [4.69, 9.17) is 5.73 Å². The molecule has 0 aliphatic heterocycles. The molecule has 0 saturated heterocycles. The van der Waals surface area contributed by atoms with Crippen LogP contribution in [0.15, 0.2) is 18.2 Å². The number of amides is 3. The number of nitro benzene ring substituents is 1. The number of benzene rings is 1. The van der Waals surface area contributed by atoms with Crippen LogP contribution >= 0.6 is 22.6 Å². The van der Waals surface area contributed by atoms with Gasteiger partial charge in [-0.2, -0.15) is 0 Å². The summed E-state index contributed by atoms with van der Waals surface area (Å²) >= 11 is 1.78. The third-order valence-corrected chi connectivity index (χ3v) is 2.55. The lowest BCUT2D eigenvalue weighted by atomic mass is 10.2. The van der Waals surface area contributed by atoms with Crippen molar-refractivity contribution in [3.63, 3.8) is 0 Å². The normalized spacial score (nSPS) is 9.56. The van der Waals surface area contributed by atoms with Crippen molar-refractivity contribution in [1.29, 1.82) is 0 Å². The van der Waals surface area contributed by atoms with Crippen LogP contribution in [0.5, 0.6) is 0 Å². The number of nitrogens with one attached hydrogen (secondary N) is 1. The molecule has 0 radical (unpaired) electrons. The van der Waals surface area contributed by atoms with Crippen LogP contribution in [0.2, 0.25) is 0 Å². The average molecular weight is 335 g/mol. The lowest BCUT2D eigenvalue weighted by Crippen LogP contribution is -2.34. The highest BCUT2D eigenvalue weighted by Gasteiger charge is 2.16. The zero-order valence-electron chi connectivity index (χ0n) is 7.77. The van der Waals surface area contributed by atoms with Gasteiger partial charge < -0.3 is 5.73 Å². The van der Waals surface area contributed by atoms with Gasteiger partial charge in [-0.3, -0.25) is 20.2 Å². The maximum atomic E-state index is 11.3. The fourth-order valence-corrected chi connectivity index (χ4v) is 1.51. The quantitative estimate of drug-likeness (QED) is 0.477. The number of nitrogens with zero attached hydrogens (tertiary/aromatic N) is 1. The van der Waals surface area contributed by atoms with Crippen LogP contribution in [0.3, 0.4) is 0 Å². The molecular formula is C8H6IN3O4. The average Bonchev–Trinajstić information content (AvgIpc) is 2.16. The second-order valence-electron chi connectivity index (χ2n) is 2.74. The van der Waals surface area contributed by atoms with E-state index in [2.05, 4.69) is 0 Å². The van der Waals surface area contributed by atoms with E-state index in [1.165, 1.54) is 12.1 Å². The van der Waals surface area contributed by atoms with Gasteiger partial charge in [-0.25, -0.2) is 4.79 Å². The fraction of sp³-hybridized carbons (Fsp3) is 0. The van der Waals surface area contributed by atoms with Crippen molar-refractivity contribution in [2.45, 2.75) is 0 Å². The third kappa shape index (κ3) is 2.89. The van der Waals surface area contributed by atoms with Gasteiger partial charge in [0.25, 0.3) is 11.6 Å².